The van der Waals surface area contributed by atoms with Gasteiger partial charge in [-0.3, -0.25) is 4.79 Å². The third kappa shape index (κ3) is 5.51. The number of hydrogen-bond donors (Lipinski definition) is 3. The second kappa shape index (κ2) is 8.97. The van der Waals surface area contributed by atoms with Gasteiger partial charge in [0.25, 0.3) is 0 Å². The SMILES string of the molecule is CCC[C@H](NC(=O)[C@H](CS)Cc1ccccc1)C(O)=S. The van der Waals surface area contributed by atoms with Crippen molar-refractivity contribution in [2.45, 2.75) is 32.2 Å². The Morgan fingerprint density at radius 1 is 1.40 bits per heavy atom. The highest BCUT2D eigenvalue weighted by Gasteiger charge is 2.22. The van der Waals surface area contributed by atoms with E-state index in [1.165, 1.54) is 0 Å². The molecule has 1 amide bonds. The highest BCUT2D eigenvalue weighted by Crippen LogP contribution is 2.11. The zero-order chi connectivity index (χ0) is 15.0. The minimum absolute atomic E-state index is 0.112. The van der Waals surface area contributed by atoms with Gasteiger partial charge in [0.1, 0.15) is 0 Å². The Morgan fingerprint density at radius 2 is 2.05 bits per heavy atom. The molecule has 0 unspecified atom stereocenters. The predicted molar refractivity (Wildman–Crippen MR) is 89.6 cm³/mol. The Hall–Kier alpha value is -1.07. The van der Waals surface area contributed by atoms with E-state index in [2.05, 4.69) is 17.9 Å². The van der Waals surface area contributed by atoms with Crippen LogP contribution in [0.15, 0.2) is 30.3 Å². The standard InChI is InChI=1S/C15H21NO2S2/c1-2-6-13(15(18)20)16-14(17)12(10-19)9-11-7-4-3-5-8-11/h3-5,7-8,12-13,19H,2,6,9-10H2,1H3,(H,16,17)(H,18,20)/t12-,13-/m0/s1. The fourth-order valence-corrected chi connectivity index (χ4v) is 2.45. The molecule has 0 aliphatic rings. The number of hydrogen-bond acceptors (Lipinski definition) is 3. The van der Waals surface area contributed by atoms with Crippen molar-refractivity contribution in [3.05, 3.63) is 35.9 Å². The Bertz CT molecular complexity index is 437. The molecule has 20 heavy (non-hydrogen) atoms. The van der Waals surface area contributed by atoms with Gasteiger partial charge in [-0.15, -0.1) is 0 Å². The van der Waals surface area contributed by atoms with Crippen molar-refractivity contribution >= 4 is 35.8 Å². The third-order valence-electron chi connectivity index (χ3n) is 3.11. The number of aliphatic hydroxyl groups excluding tert-OH is 1. The average molecular weight is 311 g/mol. The van der Waals surface area contributed by atoms with Crippen molar-refractivity contribution < 1.29 is 9.90 Å². The number of thiol groups is 1. The fraction of sp³-hybridized carbons (Fsp3) is 0.467. The molecule has 0 fully saturated rings. The maximum Gasteiger partial charge on any atom is 0.224 e. The molecule has 0 aliphatic heterocycles. The number of aliphatic hydroxyl groups is 1. The lowest BCUT2D eigenvalue weighted by atomic mass is 9.99. The maximum atomic E-state index is 12.2. The summed E-state index contributed by atoms with van der Waals surface area (Å²) in [6.07, 6.45) is 2.12. The van der Waals surface area contributed by atoms with Gasteiger partial charge in [-0.05, 0) is 30.6 Å². The number of rotatable bonds is 8. The summed E-state index contributed by atoms with van der Waals surface area (Å²) in [5.74, 6) is 0.116. The minimum Gasteiger partial charge on any atom is -0.500 e. The molecule has 1 aromatic carbocycles. The van der Waals surface area contributed by atoms with Gasteiger partial charge in [-0.25, -0.2) is 0 Å². The van der Waals surface area contributed by atoms with Crippen LogP contribution < -0.4 is 5.32 Å². The van der Waals surface area contributed by atoms with E-state index in [-0.39, 0.29) is 16.9 Å². The molecular formula is C15H21NO2S2. The molecule has 2 atom stereocenters. The molecule has 0 radical (unpaired) electrons. The number of thiocarbonyl (C=S) groups is 1. The minimum atomic E-state index is -0.444. The molecule has 0 saturated heterocycles. The van der Waals surface area contributed by atoms with E-state index in [0.717, 1.165) is 12.0 Å². The smallest absolute Gasteiger partial charge is 0.224 e. The van der Waals surface area contributed by atoms with Crippen LogP contribution in [0.2, 0.25) is 0 Å². The normalized spacial score (nSPS) is 13.5. The van der Waals surface area contributed by atoms with E-state index in [1.54, 1.807) is 0 Å². The molecule has 1 aromatic rings. The summed E-state index contributed by atoms with van der Waals surface area (Å²) in [6.45, 7) is 1.98. The molecule has 1 rings (SSSR count). The Balaban J connectivity index is 2.64. The molecule has 110 valence electrons. The largest absolute Gasteiger partial charge is 0.500 e. The second-order valence-corrected chi connectivity index (χ2v) is 5.54. The lowest BCUT2D eigenvalue weighted by Crippen LogP contribution is -2.44. The van der Waals surface area contributed by atoms with E-state index in [9.17, 15) is 9.90 Å². The van der Waals surface area contributed by atoms with Crippen molar-refractivity contribution in [3.63, 3.8) is 0 Å². The maximum absolute atomic E-state index is 12.2. The predicted octanol–water partition coefficient (Wildman–Crippen LogP) is 2.95. The molecule has 0 aliphatic carbocycles. The monoisotopic (exact) mass is 311 g/mol. The van der Waals surface area contributed by atoms with Gasteiger partial charge in [0.2, 0.25) is 5.91 Å². The zero-order valence-corrected chi connectivity index (χ0v) is 13.3. The number of amides is 1. The molecule has 0 saturated carbocycles. The van der Waals surface area contributed by atoms with E-state index >= 15 is 0 Å². The summed E-state index contributed by atoms with van der Waals surface area (Å²) in [5, 5.41) is 12.1. The number of nitrogens with one attached hydrogen (secondary N) is 1. The Kier molecular flexibility index (Phi) is 7.62. The van der Waals surface area contributed by atoms with Crippen LogP contribution in [-0.2, 0) is 11.2 Å². The molecule has 0 aromatic heterocycles. The van der Waals surface area contributed by atoms with Crippen LogP contribution in [0.5, 0.6) is 0 Å². The molecule has 0 spiro atoms. The fourth-order valence-electron chi connectivity index (χ4n) is 1.97. The summed E-state index contributed by atoms with van der Waals surface area (Å²) in [4.78, 5) is 12.2. The van der Waals surface area contributed by atoms with Crippen molar-refractivity contribution in [1.82, 2.24) is 5.32 Å². The molecule has 2 N–H and O–H groups in total. The van der Waals surface area contributed by atoms with Crippen molar-refractivity contribution in [2.75, 3.05) is 5.75 Å². The van der Waals surface area contributed by atoms with Gasteiger partial charge < -0.3 is 10.4 Å². The van der Waals surface area contributed by atoms with Crippen LogP contribution in [-0.4, -0.2) is 27.9 Å². The van der Waals surface area contributed by atoms with Gasteiger partial charge in [0.05, 0.1) is 12.0 Å². The lowest BCUT2D eigenvalue weighted by molar-refractivity contribution is -0.124. The van der Waals surface area contributed by atoms with E-state index in [0.29, 0.717) is 18.6 Å². The first-order valence-corrected chi connectivity index (χ1v) is 7.80. The number of carbonyl (C=O) groups is 1. The van der Waals surface area contributed by atoms with Crippen molar-refractivity contribution in [3.8, 4) is 0 Å². The highest BCUT2D eigenvalue weighted by atomic mass is 32.1. The first-order valence-electron chi connectivity index (χ1n) is 6.76. The van der Waals surface area contributed by atoms with Gasteiger partial charge in [0.15, 0.2) is 5.05 Å². The van der Waals surface area contributed by atoms with Crippen LogP contribution in [0.3, 0.4) is 0 Å². The topological polar surface area (TPSA) is 49.3 Å². The zero-order valence-electron chi connectivity index (χ0n) is 11.6. The Labute approximate surface area is 131 Å². The van der Waals surface area contributed by atoms with Gasteiger partial charge in [-0.1, -0.05) is 43.7 Å². The third-order valence-corrected chi connectivity index (χ3v) is 3.83. The van der Waals surface area contributed by atoms with E-state index < -0.39 is 6.04 Å². The van der Waals surface area contributed by atoms with Crippen LogP contribution in [0.4, 0.5) is 0 Å². The van der Waals surface area contributed by atoms with Gasteiger partial charge >= 0.3 is 0 Å². The Morgan fingerprint density at radius 3 is 2.55 bits per heavy atom. The lowest BCUT2D eigenvalue weighted by Gasteiger charge is -2.20. The summed E-state index contributed by atoms with van der Waals surface area (Å²) in [7, 11) is 0. The van der Waals surface area contributed by atoms with Gasteiger partial charge in [-0.2, -0.15) is 12.6 Å². The van der Waals surface area contributed by atoms with Gasteiger partial charge in [0, 0.05) is 5.75 Å². The summed E-state index contributed by atoms with van der Waals surface area (Å²) < 4.78 is 0. The van der Waals surface area contributed by atoms with E-state index in [4.69, 9.17) is 12.2 Å². The number of benzene rings is 1. The second-order valence-electron chi connectivity index (χ2n) is 4.76. The molecule has 5 heteroatoms. The van der Waals surface area contributed by atoms with Crippen LogP contribution in [0, 0.1) is 5.92 Å². The average Bonchev–Trinajstić information content (AvgIpc) is 2.45. The molecular weight excluding hydrogens is 290 g/mol. The summed E-state index contributed by atoms with van der Waals surface area (Å²) >= 11 is 9.03. The molecule has 0 heterocycles. The summed E-state index contributed by atoms with van der Waals surface area (Å²) in [5.41, 5.74) is 1.10. The van der Waals surface area contributed by atoms with Crippen molar-refractivity contribution in [2.24, 2.45) is 5.92 Å². The highest BCUT2D eigenvalue weighted by molar-refractivity contribution is 7.80. The van der Waals surface area contributed by atoms with Crippen molar-refractivity contribution in [1.29, 1.82) is 0 Å². The van der Waals surface area contributed by atoms with Crippen LogP contribution in [0.1, 0.15) is 25.3 Å². The first kappa shape index (κ1) is 17.0. The summed E-state index contributed by atoms with van der Waals surface area (Å²) in [6, 6.07) is 9.38. The first-order chi connectivity index (χ1) is 9.58. The quantitative estimate of drug-likeness (QED) is 0.511. The number of carbonyl (C=O) groups excluding carboxylic acids is 1. The molecule has 0 bridgehead atoms. The van der Waals surface area contributed by atoms with Crippen LogP contribution in [0.25, 0.3) is 0 Å². The molecule has 3 nitrogen and oxygen atoms in total. The van der Waals surface area contributed by atoms with E-state index in [1.807, 2.05) is 37.3 Å². The van der Waals surface area contributed by atoms with Crippen LogP contribution >= 0.6 is 24.8 Å².